The Morgan fingerprint density at radius 1 is 1.12 bits per heavy atom. The van der Waals surface area contributed by atoms with Crippen LogP contribution in [0.1, 0.15) is 37.0 Å². The molecule has 0 aliphatic rings. The lowest BCUT2D eigenvalue weighted by Gasteiger charge is -2.14. The number of benzene rings is 1. The van der Waals surface area contributed by atoms with Crippen LogP contribution in [0.2, 0.25) is 0 Å². The molecule has 0 aliphatic carbocycles. The van der Waals surface area contributed by atoms with Crippen molar-refractivity contribution in [2.45, 2.75) is 32.7 Å². The lowest BCUT2D eigenvalue weighted by molar-refractivity contribution is 0.0947. The summed E-state index contributed by atoms with van der Waals surface area (Å²) >= 11 is 0. The van der Waals surface area contributed by atoms with Gasteiger partial charge in [0.25, 0.3) is 5.91 Å². The van der Waals surface area contributed by atoms with Crippen LogP contribution in [0.5, 0.6) is 5.75 Å². The van der Waals surface area contributed by atoms with E-state index >= 15 is 0 Å². The summed E-state index contributed by atoms with van der Waals surface area (Å²) < 4.78 is 7.14. The maximum Gasteiger partial charge on any atom is 0.271 e. The third-order valence-corrected chi connectivity index (χ3v) is 5.35. The monoisotopic (exact) mass is 444 g/mol. The molecule has 33 heavy (non-hydrogen) atoms. The van der Waals surface area contributed by atoms with E-state index < -0.39 is 0 Å². The highest BCUT2D eigenvalue weighted by molar-refractivity contribution is 5.92. The lowest BCUT2D eigenvalue weighted by Crippen LogP contribution is -2.28. The van der Waals surface area contributed by atoms with Crippen molar-refractivity contribution in [3.63, 3.8) is 0 Å². The lowest BCUT2D eigenvalue weighted by atomic mass is 9.92. The second-order valence-electron chi connectivity index (χ2n) is 8.78. The van der Waals surface area contributed by atoms with Gasteiger partial charge in [-0.2, -0.15) is 10.2 Å². The first-order valence-electron chi connectivity index (χ1n) is 10.8. The molecule has 0 fully saturated rings. The van der Waals surface area contributed by atoms with Gasteiger partial charge in [-0.1, -0.05) is 20.8 Å². The van der Waals surface area contributed by atoms with Crippen LogP contribution in [0.3, 0.4) is 0 Å². The van der Waals surface area contributed by atoms with E-state index in [1.165, 1.54) is 0 Å². The molecule has 1 amide bonds. The molecule has 8 heteroatoms. The highest BCUT2D eigenvalue weighted by Gasteiger charge is 2.19. The predicted molar refractivity (Wildman–Crippen MR) is 127 cm³/mol. The highest BCUT2D eigenvalue weighted by Crippen LogP contribution is 2.27. The summed E-state index contributed by atoms with van der Waals surface area (Å²) in [5, 5.41) is 14.8. The number of aromatic nitrogens is 5. The molecule has 1 aromatic carbocycles. The van der Waals surface area contributed by atoms with Gasteiger partial charge >= 0.3 is 0 Å². The van der Waals surface area contributed by atoms with Crippen LogP contribution in [-0.4, -0.2) is 44.5 Å². The summed E-state index contributed by atoms with van der Waals surface area (Å²) in [7, 11) is 1.64. The summed E-state index contributed by atoms with van der Waals surface area (Å²) in [5.74, 6) is 0.577. The third kappa shape index (κ3) is 5.11. The summed E-state index contributed by atoms with van der Waals surface area (Å²) in [5.41, 5.74) is 4.91. The van der Waals surface area contributed by atoms with Crippen LogP contribution in [0.25, 0.3) is 22.5 Å². The van der Waals surface area contributed by atoms with Crippen molar-refractivity contribution in [2.75, 3.05) is 13.7 Å². The number of pyridine rings is 1. The van der Waals surface area contributed by atoms with Gasteiger partial charge in [-0.3, -0.25) is 19.6 Å². The molecule has 3 heterocycles. The van der Waals surface area contributed by atoms with Crippen molar-refractivity contribution < 1.29 is 9.53 Å². The van der Waals surface area contributed by atoms with Gasteiger partial charge < -0.3 is 10.1 Å². The first-order valence-corrected chi connectivity index (χ1v) is 10.8. The van der Waals surface area contributed by atoms with Crippen LogP contribution < -0.4 is 10.1 Å². The fourth-order valence-electron chi connectivity index (χ4n) is 3.42. The van der Waals surface area contributed by atoms with Gasteiger partial charge in [0.1, 0.15) is 11.4 Å². The largest absolute Gasteiger partial charge is 0.497 e. The Labute approximate surface area is 193 Å². The molecular formula is C25H28N6O2. The number of methoxy groups -OCH3 is 1. The zero-order valence-corrected chi connectivity index (χ0v) is 19.3. The van der Waals surface area contributed by atoms with E-state index in [9.17, 15) is 4.79 Å². The number of amides is 1. The smallest absolute Gasteiger partial charge is 0.271 e. The van der Waals surface area contributed by atoms with Gasteiger partial charge in [0.05, 0.1) is 25.0 Å². The number of aromatic amines is 1. The van der Waals surface area contributed by atoms with E-state index in [1.807, 2.05) is 53.3 Å². The number of hydrogen-bond acceptors (Lipinski definition) is 5. The minimum absolute atomic E-state index is 0.100. The highest BCUT2D eigenvalue weighted by atomic mass is 16.5. The van der Waals surface area contributed by atoms with Crippen molar-refractivity contribution in [3.05, 3.63) is 72.3 Å². The molecule has 0 spiro atoms. The van der Waals surface area contributed by atoms with E-state index in [0.29, 0.717) is 18.8 Å². The molecule has 4 aromatic rings. The molecule has 0 unspecified atom stereocenters. The van der Waals surface area contributed by atoms with Gasteiger partial charge in [0.2, 0.25) is 0 Å². The van der Waals surface area contributed by atoms with Crippen molar-refractivity contribution in [1.29, 1.82) is 0 Å². The van der Waals surface area contributed by atoms with Crippen molar-refractivity contribution >= 4 is 5.91 Å². The van der Waals surface area contributed by atoms with E-state index in [0.717, 1.165) is 34.0 Å². The molecule has 0 saturated carbocycles. The zero-order chi connectivity index (χ0) is 23.4. The Hall–Kier alpha value is -3.94. The summed E-state index contributed by atoms with van der Waals surface area (Å²) in [4.78, 5) is 16.8. The minimum Gasteiger partial charge on any atom is -0.497 e. The Kier molecular flexibility index (Phi) is 6.26. The topological polar surface area (TPSA) is 97.7 Å². The molecule has 8 nitrogen and oxygen atoms in total. The van der Waals surface area contributed by atoms with Gasteiger partial charge in [-0.05, 0) is 48.5 Å². The maximum absolute atomic E-state index is 12.6. The minimum atomic E-state index is -0.216. The first kappa shape index (κ1) is 22.3. The van der Waals surface area contributed by atoms with E-state index in [4.69, 9.17) is 9.84 Å². The zero-order valence-electron chi connectivity index (χ0n) is 19.3. The number of nitrogens with zero attached hydrogens (tertiary/aromatic N) is 4. The Morgan fingerprint density at radius 3 is 2.55 bits per heavy atom. The molecule has 0 radical (unpaired) electrons. The second-order valence-corrected chi connectivity index (χ2v) is 8.78. The molecule has 4 rings (SSSR count). The fourth-order valence-corrected chi connectivity index (χ4v) is 3.42. The van der Waals surface area contributed by atoms with Crippen LogP contribution >= 0.6 is 0 Å². The second kappa shape index (κ2) is 9.28. The SMILES string of the molecule is COc1ccc(-c2cc(-c3cccnc3)n(CCNC(=O)c3cc(C(C)(C)C)[nH]n3)n2)cc1. The van der Waals surface area contributed by atoms with Gasteiger partial charge in [-0.25, -0.2) is 0 Å². The number of carbonyl (C=O) groups excluding carboxylic acids is 1. The van der Waals surface area contributed by atoms with Crippen LogP contribution in [0.15, 0.2) is 60.9 Å². The molecule has 170 valence electrons. The van der Waals surface area contributed by atoms with Crippen molar-refractivity contribution in [2.24, 2.45) is 0 Å². The number of rotatable bonds is 7. The fraction of sp³-hybridized carbons (Fsp3) is 0.280. The molecule has 0 aliphatic heterocycles. The normalized spacial score (nSPS) is 11.4. The number of hydrogen-bond donors (Lipinski definition) is 2. The summed E-state index contributed by atoms with van der Waals surface area (Å²) in [6.45, 7) is 7.12. The Balaban J connectivity index is 1.51. The Bertz CT molecular complexity index is 1220. The molecule has 0 bridgehead atoms. The number of carbonyl (C=O) groups is 1. The van der Waals surface area contributed by atoms with Crippen LogP contribution in [0.4, 0.5) is 0 Å². The summed E-state index contributed by atoms with van der Waals surface area (Å²) in [6.07, 6.45) is 3.55. The Morgan fingerprint density at radius 2 is 1.91 bits per heavy atom. The van der Waals surface area contributed by atoms with E-state index in [1.54, 1.807) is 19.4 Å². The standard InChI is InChI=1S/C25H28N6O2/c1-25(2,3)23-15-21(28-29-23)24(32)27-12-13-31-22(18-6-5-11-26-16-18)14-20(30-31)17-7-9-19(33-4)10-8-17/h5-11,14-16H,12-13H2,1-4H3,(H,27,32)(H,28,29). The third-order valence-electron chi connectivity index (χ3n) is 5.35. The summed E-state index contributed by atoms with van der Waals surface area (Å²) in [6, 6.07) is 15.5. The molecule has 3 aromatic heterocycles. The number of H-pyrrole nitrogens is 1. The van der Waals surface area contributed by atoms with Gasteiger partial charge in [0, 0.05) is 41.2 Å². The van der Waals surface area contributed by atoms with Crippen molar-refractivity contribution in [1.82, 2.24) is 30.3 Å². The average molecular weight is 445 g/mol. The first-order chi connectivity index (χ1) is 15.8. The van der Waals surface area contributed by atoms with Gasteiger partial charge in [0.15, 0.2) is 0 Å². The average Bonchev–Trinajstić information content (AvgIpc) is 3.48. The molecule has 2 N–H and O–H groups in total. The molecule has 0 saturated heterocycles. The molecule has 0 atom stereocenters. The quantitative estimate of drug-likeness (QED) is 0.448. The molecular weight excluding hydrogens is 416 g/mol. The maximum atomic E-state index is 12.6. The van der Waals surface area contributed by atoms with Crippen molar-refractivity contribution in [3.8, 4) is 28.3 Å². The van der Waals surface area contributed by atoms with E-state index in [-0.39, 0.29) is 11.3 Å². The van der Waals surface area contributed by atoms with Crippen LogP contribution in [0, 0.1) is 0 Å². The number of nitrogens with one attached hydrogen (secondary N) is 2. The van der Waals surface area contributed by atoms with Crippen LogP contribution in [-0.2, 0) is 12.0 Å². The predicted octanol–water partition coefficient (Wildman–Crippen LogP) is 4.07. The van der Waals surface area contributed by atoms with Gasteiger partial charge in [-0.15, -0.1) is 0 Å². The number of ether oxygens (including phenoxy) is 1. The van der Waals surface area contributed by atoms with E-state index in [2.05, 4.69) is 41.3 Å².